The molecule has 5 nitrogen and oxygen atoms in total. The lowest BCUT2D eigenvalue weighted by molar-refractivity contribution is -0.136. The zero-order chi connectivity index (χ0) is 19.7. The molecule has 0 aliphatic carbocycles. The van der Waals surface area contributed by atoms with Crippen LogP contribution in [0.3, 0.4) is 0 Å². The van der Waals surface area contributed by atoms with Crippen molar-refractivity contribution in [3.8, 4) is 0 Å². The van der Waals surface area contributed by atoms with E-state index in [-0.39, 0.29) is 16.3 Å². The predicted octanol–water partition coefficient (Wildman–Crippen LogP) is 4.29. The number of sulfonamides is 1. The summed E-state index contributed by atoms with van der Waals surface area (Å²) in [4.78, 5) is 12.3. The van der Waals surface area contributed by atoms with Crippen molar-refractivity contribution in [1.82, 2.24) is 0 Å². The number of benzene rings is 2. The van der Waals surface area contributed by atoms with Crippen LogP contribution in [0.5, 0.6) is 0 Å². The van der Waals surface area contributed by atoms with E-state index in [4.69, 9.17) is 11.6 Å². The molecule has 0 fully saturated rings. The Morgan fingerprint density at radius 1 is 1.08 bits per heavy atom. The fourth-order valence-electron chi connectivity index (χ4n) is 2.13. The van der Waals surface area contributed by atoms with Gasteiger partial charge in [-0.2, -0.15) is 13.2 Å². The number of carbonyl (C=O) groups is 1. The van der Waals surface area contributed by atoms with E-state index in [9.17, 15) is 26.4 Å². The van der Waals surface area contributed by atoms with Crippen molar-refractivity contribution < 1.29 is 26.4 Å². The number of halogens is 4. The molecule has 26 heavy (non-hydrogen) atoms. The number of nitrogens with one attached hydrogen (secondary N) is 2. The number of carbonyl (C=O) groups excluding carboxylic acids is 1. The highest BCUT2D eigenvalue weighted by Gasteiger charge is 2.34. The molecule has 0 unspecified atom stereocenters. The summed E-state index contributed by atoms with van der Waals surface area (Å²) in [6.45, 7) is 1.62. The Morgan fingerprint density at radius 2 is 1.73 bits per heavy atom. The van der Waals surface area contributed by atoms with E-state index < -0.39 is 33.4 Å². The van der Waals surface area contributed by atoms with Crippen molar-refractivity contribution in [2.75, 3.05) is 16.3 Å². The van der Waals surface area contributed by atoms with Gasteiger partial charge in [0.2, 0.25) is 10.0 Å². The molecule has 2 aromatic rings. The molecule has 1 amide bonds. The maximum absolute atomic E-state index is 13.1. The van der Waals surface area contributed by atoms with Crippen LogP contribution in [0, 0.1) is 6.92 Å². The molecule has 0 aliphatic heterocycles. The number of anilines is 2. The highest BCUT2D eigenvalue weighted by atomic mass is 35.5. The number of alkyl halides is 3. The molecule has 0 spiro atoms. The van der Waals surface area contributed by atoms with E-state index in [1.54, 1.807) is 6.92 Å². The lowest BCUT2D eigenvalue weighted by Gasteiger charge is -2.15. The second kappa shape index (κ2) is 7.16. The van der Waals surface area contributed by atoms with Crippen molar-refractivity contribution in [1.29, 1.82) is 0 Å². The highest BCUT2D eigenvalue weighted by molar-refractivity contribution is 7.92. The van der Waals surface area contributed by atoms with Crippen LogP contribution >= 0.6 is 11.6 Å². The molecule has 2 aromatic carbocycles. The van der Waals surface area contributed by atoms with Gasteiger partial charge in [-0.25, -0.2) is 8.42 Å². The Kier molecular flexibility index (Phi) is 5.52. The van der Waals surface area contributed by atoms with Gasteiger partial charge in [0.1, 0.15) is 0 Å². The van der Waals surface area contributed by atoms with Crippen LogP contribution in [0.4, 0.5) is 24.5 Å². The van der Waals surface area contributed by atoms with Gasteiger partial charge in [-0.1, -0.05) is 17.7 Å². The van der Waals surface area contributed by atoms with Crippen LogP contribution in [0.25, 0.3) is 0 Å². The molecule has 0 aliphatic rings. The van der Waals surface area contributed by atoms with Gasteiger partial charge in [-0.15, -0.1) is 0 Å². The molecule has 140 valence electrons. The van der Waals surface area contributed by atoms with Crippen LogP contribution in [0.15, 0.2) is 36.4 Å². The van der Waals surface area contributed by atoms with E-state index in [0.717, 1.165) is 12.3 Å². The Balaban J connectivity index is 2.36. The third-order valence-corrected chi connectivity index (χ3v) is 4.16. The first-order valence-electron chi connectivity index (χ1n) is 7.13. The minimum absolute atomic E-state index is 0.00942. The minimum atomic E-state index is -4.70. The second-order valence-corrected chi connectivity index (χ2v) is 7.73. The van der Waals surface area contributed by atoms with Gasteiger partial charge in [0, 0.05) is 10.6 Å². The summed E-state index contributed by atoms with van der Waals surface area (Å²) in [6, 6.07) is 7.08. The largest absolute Gasteiger partial charge is 0.418 e. The molecule has 0 radical (unpaired) electrons. The Bertz CT molecular complexity index is 960. The van der Waals surface area contributed by atoms with Crippen LogP contribution < -0.4 is 10.0 Å². The fraction of sp³-hybridized carbons (Fsp3) is 0.188. The van der Waals surface area contributed by atoms with Gasteiger partial charge < -0.3 is 5.32 Å². The zero-order valence-corrected chi connectivity index (χ0v) is 15.2. The van der Waals surface area contributed by atoms with Crippen molar-refractivity contribution in [3.63, 3.8) is 0 Å². The van der Waals surface area contributed by atoms with Gasteiger partial charge in [-0.3, -0.25) is 9.52 Å². The third-order valence-electron chi connectivity index (χ3n) is 3.33. The van der Waals surface area contributed by atoms with Crippen molar-refractivity contribution in [2.24, 2.45) is 0 Å². The molecular weight excluding hydrogens is 393 g/mol. The first-order chi connectivity index (χ1) is 11.9. The third kappa shape index (κ3) is 5.12. The van der Waals surface area contributed by atoms with E-state index in [0.29, 0.717) is 11.6 Å². The Hall–Kier alpha value is -2.26. The quantitative estimate of drug-likeness (QED) is 0.795. The van der Waals surface area contributed by atoms with Crippen LogP contribution in [0.1, 0.15) is 21.5 Å². The molecule has 0 saturated heterocycles. The maximum atomic E-state index is 13.1. The van der Waals surface area contributed by atoms with Crippen molar-refractivity contribution in [2.45, 2.75) is 13.1 Å². The normalized spacial score (nSPS) is 11.9. The average Bonchev–Trinajstić information content (AvgIpc) is 2.48. The number of hydrogen-bond donors (Lipinski definition) is 2. The average molecular weight is 407 g/mol. The van der Waals surface area contributed by atoms with Crippen molar-refractivity contribution >= 4 is 38.9 Å². The molecule has 2 rings (SSSR count). The standard InChI is InChI=1S/C16H14ClF3N2O3S/c1-9-3-4-10(7-14(9)22-26(2,24)25)15(23)21-13-6-5-11(17)8-12(13)16(18,19)20/h3-8,22H,1-2H3,(H,21,23). The van der Waals surface area contributed by atoms with E-state index in [1.807, 2.05) is 0 Å². The van der Waals surface area contributed by atoms with Gasteiger partial charge in [-0.05, 0) is 42.8 Å². The topological polar surface area (TPSA) is 75.3 Å². The molecular formula is C16H14ClF3N2O3S. The van der Waals surface area contributed by atoms with Gasteiger partial charge in [0.25, 0.3) is 5.91 Å². The summed E-state index contributed by atoms with van der Waals surface area (Å²) >= 11 is 5.60. The summed E-state index contributed by atoms with van der Waals surface area (Å²) in [7, 11) is -3.58. The minimum Gasteiger partial charge on any atom is -0.321 e. The highest BCUT2D eigenvalue weighted by Crippen LogP contribution is 2.36. The van der Waals surface area contributed by atoms with Gasteiger partial charge in [0.15, 0.2) is 0 Å². The summed E-state index contributed by atoms with van der Waals surface area (Å²) in [5.74, 6) is -0.825. The van der Waals surface area contributed by atoms with E-state index in [1.165, 1.54) is 24.3 Å². The molecule has 10 heteroatoms. The molecule has 2 N–H and O–H groups in total. The zero-order valence-electron chi connectivity index (χ0n) is 13.6. The monoisotopic (exact) mass is 406 g/mol. The second-order valence-electron chi connectivity index (χ2n) is 5.55. The van der Waals surface area contributed by atoms with Gasteiger partial charge >= 0.3 is 6.18 Å². The Morgan fingerprint density at radius 3 is 2.31 bits per heavy atom. The molecule has 0 aromatic heterocycles. The summed E-state index contributed by atoms with van der Waals surface area (Å²) in [5, 5.41) is 2.06. The maximum Gasteiger partial charge on any atom is 0.418 e. The fourth-order valence-corrected chi connectivity index (χ4v) is 2.92. The van der Waals surface area contributed by atoms with Gasteiger partial charge in [0.05, 0.1) is 23.2 Å². The number of hydrogen-bond acceptors (Lipinski definition) is 3. The summed E-state index contributed by atoms with van der Waals surface area (Å²) < 4.78 is 64.3. The first-order valence-corrected chi connectivity index (χ1v) is 9.40. The molecule has 0 bridgehead atoms. The summed E-state index contributed by atoms with van der Waals surface area (Å²) in [5.41, 5.74) is -0.836. The van der Waals surface area contributed by atoms with Crippen LogP contribution in [-0.4, -0.2) is 20.6 Å². The van der Waals surface area contributed by atoms with Crippen molar-refractivity contribution in [3.05, 3.63) is 58.1 Å². The predicted molar refractivity (Wildman–Crippen MR) is 94.1 cm³/mol. The van der Waals surface area contributed by atoms with E-state index >= 15 is 0 Å². The number of amides is 1. The lowest BCUT2D eigenvalue weighted by atomic mass is 10.1. The molecule has 0 atom stereocenters. The van der Waals surface area contributed by atoms with Crippen LogP contribution in [0.2, 0.25) is 5.02 Å². The summed E-state index contributed by atoms with van der Waals surface area (Å²) in [6.07, 6.45) is -3.76. The first kappa shape index (κ1) is 20.1. The smallest absolute Gasteiger partial charge is 0.321 e. The van der Waals surface area contributed by atoms with E-state index in [2.05, 4.69) is 10.0 Å². The number of rotatable bonds is 4. The van der Waals surface area contributed by atoms with Crippen LogP contribution in [-0.2, 0) is 16.2 Å². The number of aryl methyl sites for hydroxylation is 1. The Labute approximate surface area is 153 Å². The molecule has 0 heterocycles. The SMILES string of the molecule is Cc1ccc(C(=O)Nc2ccc(Cl)cc2C(F)(F)F)cc1NS(C)(=O)=O. The molecule has 0 saturated carbocycles. The lowest BCUT2D eigenvalue weighted by Crippen LogP contribution is -2.17.